The molecule has 0 saturated heterocycles. The van der Waals surface area contributed by atoms with Gasteiger partial charge in [-0.1, -0.05) is 25.4 Å². The third-order valence-corrected chi connectivity index (χ3v) is 3.17. The third-order valence-electron chi connectivity index (χ3n) is 2.86. The average molecular weight is 286 g/mol. The normalized spacial score (nSPS) is 12.5. The van der Waals surface area contributed by atoms with Crippen LogP contribution in [0.2, 0.25) is 5.02 Å². The number of hydrogen-bond acceptors (Lipinski definition) is 3. The van der Waals surface area contributed by atoms with Crippen molar-refractivity contribution in [2.24, 2.45) is 5.92 Å². The fraction of sp³-hybridized carbons (Fsp3) is 0.500. The first-order chi connectivity index (χ1) is 8.95. The van der Waals surface area contributed by atoms with Gasteiger partial charge in [-0.25, -0.2) is 4.79 Å². The first-order valence-corrected chi connectivity index (χ1v) is 6.70. The van der Waals surface area contributed by atoms with Crippen LogP contribution in [0.5, 0.6) is 0 Å². The van der Waals surface area contributed by atoms with Crippen LogP contribution in [0, 0.1) is 5.92 Å². The predicted molar refractivity (Wildman–Crippen MR) is 77.2 cm³/mol. The fourth-order valence-electron chi connectivity index (χ4n) is 1.64. The molecule has 1 aromatic carbocycles. The van der Waals surface area contributed by atoms with E-state index in [-0.39, 0.29) is 16.6 Å². The molecule has 5 heteroatoms. The second-order valence-electron chi connectivity index (χ2n) is 4.65. The summed E-state index contributed by atoms with van der Waals surface area (Å²) in [5, 5.41) is 12.5. The van der Waals surface area contributed by atoms with Gasteiger partial charge in [0.25, 0.3) is 0 Å². The number of anilines is 1. The highest BCUT2D eigenvalue weighted by atomic mass is 35.5. The second-order valence-corrected chi connectivity index (χ2v) is 5.06. The lowest BCUT2D eigenvalue weighted by Crippen LogP contribution is -2.30. The molecular weight excluding hydrogens is 266 g/mol. The Kier molecular flexibility index (Phi) is 6.12. The molecule has 0 bridgehead atoms. The number of rotatable bonds is 7. The molecule has 1 unspecified atom stereocenters. The molecular formula is C14H20ClNO3. The van der Waals surface area contributed by atoms with Crippen LogP contribution in [0.25, 0.3) is 0 Å². The maximum absolute atomic E-state index is 10.9. The number of nitrogens with one attached hydrogen (secondary N) is 1. The van der Waals surface area contributed by atoms with Gasteiger partial charge in [-0.15, -0.1) is 0 Å². The van der Waals surface area contributed by atoms with E-state index in [4.69, 9.17) is 21.4 Å². The molecule has 0 heterocycles. The Labute approximate surface area is 118 Å². The first-order valence-electron chi connectivity index (χ1n) is 6.32. The number of carboxylic acids is 1. The fourth-order valence-corrected chi connectivity index (χ4v) is 1.90. The number of carbonyl (C=O) groups is 1. The summed E-state index contributed by atoms with van der Waals surface area (Å²) < 4.78 is 5.43. The molecule has 2 N–H and O–H groups in total. The van der Waals surface area contributed by atoms with E-state index in [1.165, 1.54) is 6.07 Å². The van der Waals surface area contributed by atoms with E-state index < -0.39 is 5.97 Å². The predicted octanol–water partition coefficient (Wildman–Crippen LogP) is 3.51. The van der Waals surface area contributed by atoms with E-state index in [0.717, 1.165) is 5.69 Å². The van der Waals surface area contributed by atoms with Gasteiger partial charge in [0.2, 0.25) is 0 Å². The molecule has 106 valence electrons. The van der Waals surface area contributed by atoms with Crippen LogP contribution >= 0.6 is 11.6 Å². The van der Waals surface area contributed by atoms with Crippen LogP contribution in [0.3, 0.4) is 0 Å². The zero-order chi connectivity index (χ0) is 14.4. The Morgan fingerprint density at radius 3 is 2.63 bits per heavy atom. The van der Waals surface area contributed by atoms with Crippen LogP contribution in [0.15, 0.2) is 18.2 Å². The number of benzene rings is 1. The van der Waals surface area contributed by atoms with E-state index in [2.05, 4.69) is 19.2 Å². The molecule has 0 aliphatic heterocycles. The van der Waals surface area contributed by atoms with Crippen LogP contribution in [-0.2, 0) is 4.74 Å². The maximum Gasteiger partial charge on any atom is 0.337 e. The Balaban J connectivity index is 2.79. The summed E-state index contributed by atoms with van der Waals surface area (Å²) in [5.41, 5.74) is 0.909. The molecule has 4 nitrogen and oxygen atoms in total. The summed E-state index contributed by atoms with van der Waals surface area (Å²) in [6.45, 7) is 7.43. The molecule has 0 aliphatic carbocycles. The lowest BCUT2D eigenvalue weighted by atomic mass is 10.0. The Bertz CT molecular complexity index is 435. The van der Waals surface area contributed by atoms with Gasteiger partial charge in [0.05, 0.1) is 23.2 Å². The van der Waals surface area contributed by atoms with Crippen molar-refractivity contribution in [1.29, 1.82) is 0 Å². The summed E-state index contributed by atoms with van der Waals surface area (Å²) in [6.07, 6.45) is 0. The topological polar surface area (TPSA) is 58.6 Å². The Morgan fingerprint density at radius 2 is 2.16 bits per heavy atom. The second kappa shape index (κ2) is 7.36. The summed E-state index contributed by atoms with van der Waals surface area (Å²) in [4.78, 5) is 10.9. The van der Waals surface area contributed by atoms with E-state index in [1.807, 2.05) is 6.92 Å². The monoisotopic (exact) mass is 285 g/mol. The standard InChI is InChI=1S/C14H20ClNO3/c1-4-19-8-13(9(2)3)16-10-5-6-11(14(17)18)12(15)7-10/h5-7,9,13,16H,4,8H2,1-3H3,(H,17,18). The van der Waals surface area contributed by atoms with Crippen molar-refractivity contribution in [3.05, 3.63) is 28.8 Å². The zero-order valence-corrected chi connectivity index (χ0v) is 12.2. The van der Waals surface area contributed by atoms with E-state index in [9.17, 15) is 4.79 Å². The maximum atomic E-state index is 10.9. The van der Waals surface area contributed by atoms with E-state index in [1.54, 1.807) is 12.1 Å². The smallest absolute Gasteiger partial charge is 0.337 e. The SMILES string of the molecule is CCOCC(Nc1ccc(C(=O)O)c(Cl)c1)C(C)C. The first kappa shape index (κ1) is 15.8. The van der Waals surface area contributed by atoms with Crippen molar-refractivity contribution in [2.45, 2.75) is 26.8 Å². The van der Waals surface area contributed by atoms with Crippen molar-refractivity contribution >= 4 is 23.3 Å². The molecule has 1 aromatic rings. The van der Waals surface area contributed by atoms with Gasteiger partial charge in [-0.3, -0.25) is 0 Å². The molecule has 0 amide bonds. The van der Waals surface area contributed by atoms with Gasteiger partial charge in [0.15, 0.2) is 0 Å². The third kappa shape index (κ3) is 4.73. The summed E-state index contributed by atoms with van der Waals surface area (Å²) in [6, 6.07) is 5.01. The average Bonchev–Trinajstić information content (AvgIpc) is 2.33. The molecule has 0 fully saturated rings. The van der Waals surface area contributed by atoms with Crippen molar-refractivity contribution in [1.82, 2.24) is 0 Å². The highest BCUT2D eigenvalue weighted by Gasteiger charge is 2.15. The highest BCUT2D eigenvalue weighted by Crippen LogP contribution is 2.22. The minimum atomic E-state index is -1.02. The van der Waals surface area contributed by atoms with Crippen molar-refractivity contribution < 1.29 is 14.6 Å². The number of carboxylic acid groups (broad SMARTS) is 1. The molecule has 0 spiro atoms. The lowest BCUT2D eigenvalue weighted by Gasteiger charge is -2.23. The van der Waals surface area contributed by atoms with Crippen LogP contribution in [-0.4, -0.2) is 30.3 Å². The number of ether oxygens (including phenoxy) is 1. The molecule has 0 saturated carbocycles. The quantitative estimate of drug-likeness (QED) is 0.805. The summed E-state index contributed by atoms with van der Waals surface area (Å²) >= 11 is 5.94. The Morgan fingerprint density at radius 1 is 1.47 bits per heavy atom. The van der Waals surface area contributed by atoms with Gasteiger partial charge in [0, 0.05) is 12.3 Å². The number of aromatic carboxylic acids is 1. The largest absolute Gasteiger partial charge is 0.478 e. The van der Waals surface area contributed by atoms with Crippen molar-refractivity contribution in [3.8, 4) is 0 Å². The van der Waals surface area contributed by atoms with E-state index in [0.29, 0.717) is 19.1 Å². The molecule has 0 aromatic heterocycles. The van der Waals surface area contributed by atoms with Gasteiger partial charge in [-0.05, 0) is 31.0 Å². The van der Waals surface area contributed by atoms with E-state index >= 15 is 0 Å². The van der Waals surface area contributed by atoms with Gasteiger partial charge in [-0.2, -0.15) is 0 Å². The van der Waals surface area contributed by atoms with Crippen molar-refractivity contribution in [2.75, 3.05) is 18.5 Å². The van der Waals surface area contributed by atoms with Gasteiger partial charge < -0.3 is 15.2 Å². The number of hydrogen-bond donors (Lipinski definition) is 2. The van der Waals surface area contributed by atoms with Crippen LogP contribution < -0.4 is 5.32 Å². The summed E-state index contributed by atoms with van der Waals surface area (Å²) in [7, 11) is 0. The minimum absolute atomic E-state index is 0.109. The van der Waals surface area contributed by atoms with Crippen LogP contribution in [0.4, 0.5) is 5.69 Å². The van der Waals surface area contributed by atoms with Gasteiger partial charge >= 0.3 is 5.97 Å². The molecule has 0 radical (unpaired) electrons. The minimum Gasteiger partial charge on any atom is -0.478 e. The number of halogens is 1. The molecule has 19 heavy (non-hydrogen) atoms. The Hall–Kier alpha value is -1.26. The zero-order valence-electron chi connectivity index (χ0n) is 11.4. The highest BCUT2D eigenvalue weighted by molar-refractivity contribution is 6.33. The van der Waals surface area contributed by atoms with Gasteiger partial charge in [0.1, 0.15) is 0 Å². The molecule has 1 atom stereocenters. The van der Waals surface area contributed by atoms with Crippen LogP contribution in [0.1, 0.15) is 31.1 Å². The van der Waals surface area contributed by atoms with Crippen molar-refractivity contribution in [3.63, 3.8) is 0 Å². The summed E-state index contributed by atoms with van der Waals surface area (Å²) in [5.74, 6) is -0.629. The lowest BCUT2D eigenvalue weighted by molar-refractivity contribution is 0.0697. The molecule has 0 aliphatic rings. The molecule has 1 rings (SSSR count).